The van der Waals surface area contributed by atoms with Crippen molar-refractivity contribution in [3.05, 3.63) is 58.0 Å². The molecule has 6 rings (SSSR count). The Morgan fingerprint density at radius 2 is 1.92 bits per heavy atom. The number of hydrogen-bond acceptors (Lipinski definition) is 8. The van der Waals surface area contributed by atoms with Crippen molar-refractivity contribution in [2.24, 2.45) is 5.73 Å². The highest BCUT2D eigenvalue weighted by atomic mass is 16.1. The number of aromatic nitrogens is 2. The van der Waals surface area contributed by atoms with Crippen molar-refractivity contribution < 1.29 is 0 Å². The zero-order chi connectivity index (χ0) is 26.6. The highest BCUT2D eigenvalue weighted by Crippen LogP contribution is 2.33. The number of H-pyrrole nitrogens is 1. The Bertz CT molecular complexity index is 1470. The molecule has 0 spiro atoms. The molecule has 0 aliphatic carbocycles. The highest BCUT2D eigenvalue weighted by molar-refractivity contribution is 5.95. The molecule has 2 unspecified atom stereocenters. The Labute approximate surface area is 223 Å². The van der Waals surface area contributed by atoms with Crippen LogP contribution in [0.4, 0.5) is 17.2 Å². The molecule has 3 fully saturated rings. The van der Waals surface area contributed by atoms with Gasteiger partial charge in [-0.2, -0.15) is 5.26 Å². The van der Waals surface area contributed by atoms with Gasteiger partial charge in [-0.3, -0.25) is 9.69 Å². The second kappa shape index (κ2) is 9.29. The summed E-state index contributed by atoms with van der Waals surface area (Å²) in [6, 6.07) is 12.4. The summed E-state index contributed by atoms with van der Waals surface area (Å²) in [7, 11) is 0. The number of nitrogens with two attached hydrogens (primary N) is 1. The van der Waals surface area contributed by atoms with Crippen LogP contribution in [0.1, 0.15) is 31.4 Å². The van der Waals surface area contributed by atoms with Gasteiger partial charge in [0.2, 0.25) is 5.56 Å². The van der Waals surface area contributed by atoms with Crippen LogP contribution < -0.4 is 26.0 Å². The average Bonchev–Trinajstić information content (AvgIpc) is 3.27. The van der Waals surface area contributed by atoms with E-state index in [9.17, 15) is 10.1 Å². The third-order valence-corrected chi connectivity index (χ3v) is 8.55. The maximum Gasteiger partial charge on any atom is 0.248 e. The van der Waals surface area contributed by atoms with Crippen molar-refractivity contribution >= 4 is 28.1 Å². The van der Waals surface area contributed by atoms with Crippen LogP contribution in [-0.2, 0) is 0 Å². The lowest BCUT2D eigenvalue weighted by atomic mass is 10.0. The second-order valence-electron chi connectivity index (χ2n) is 11.6. The predicted octanol–water partition coefficient (Wildman–Crippen LogP) is 2.43. The van der Waals surface area contributed by atoms with E-state index in [0.29, 0.717) is 23.2 Å². The highest BCUT2D eigenvalue weighted by Gasteiger charge is 2.37. The van der Waals surface area contributed by atoms with Crippen LogP contribution in [0, 0.1) is 18.3 Å². The quantitative estimate of drug-likeness (QED) is 0.551. The number of nitrogens with zero attached hydrogens (tertiary/aromatic N) is 6. The van der Waals surface area contributed by atoms with Crippen LogP contribution in [0.5, 0.6) is 0 Å². The van der Waals surface area contributed by atoms with E-state index >= 15 is 0 Å². The third kappa shape index (κ3) is 4.38. The Balaban J connectivity index is 1.24. The molecule has 3 atom stereocenters. The molecule has 198 valence electrons. The van der Waals surface area contributed by atoms with E-state index in [2.05, 4.69) is 57.5 Å². The smallest absolute Gasteiger partial charge is 0.248 e. The van der Waals surface area contributed by atoms with Crippen molar-refractivity contribution in [3.8, 4) is 6.07 Å². The number of nitrogens with one attached hydrogen (secondary N) is 1. The third-order valence-electron chi connectivity index (χ3n) is 8.55. The largest absolute Gasteiger partial charge is 0.368 e. The molecule has 38 heavy (non-hydrogen) atoms. The van der Waals surface area contributed by atoms with Crippen molar-refractivity contribution in [3.63, 3.8) is 0 Å². The summed E-state index contributed by atoms with van der Waals surface area (Å²) in [4.78, 5) is 29.6. The molecule has 3 aromatic rings. The van der Waals surface area contributed by atoms with Crippen molar-refractivity contribution in [1.29, 1.82) is 5.26 Å². The number of pyridine rings is 2. The van der Waals surface area contributed by atoms with Gasteiger partial charge in [0.1, 0.15) is 11.9 Å². The Hall–Kier alpha value is -3.61. The summed E-state index contributed by atoms with van der Waals surface area (Å²) in [6.45, 7) is 13.1. The lowest BCUT2D eigenvalue weighted by molar-refractivity contribution is 0.108. The van der Waals surface area contributed by atoms with E-state index < -0.39 is 0 Å². The summed E-state index contributed by atoms with van der Waals surface area (Å²) in [5, 5.41) is 10.5. The fourth-order valence-corrected chi connectivity index (χ4v) is 6.62. The minimum atomic E-state index is -0.192. The second-order valence-corrected chi connectivity index (χ2v) is 11.6. The van der Waals surface area contributed by atoms with Gasteiger partial charge in [0.05, 0.1) is 23.0 Å². The lowest BCUT2D eigenvalue weighted by Gasteiger charge is -2.51. The Kier molecular flexibility index (Phi) is 6.04. The van der Waals surface area contributed by atoms with Gasteiger partial charge in [-0.1, -0.05) is 0 Å². The van der Waals surface area contributed by atoms with Gasteiger partial charge in [0.25, 0.3) is 0 Å². The normalized spacial score (nSPS) is 26.0. The van der Waals surface area contributed by atoms with E-state index in [0.717, 1.165) is 74.8 Å². The number of rotatable bonds is 3. The van der Waals surface area contributed by atoms with Gasteiger partial charge in [-0.05, 0) is 57.0 Å². The first-order valence-corrected chi connectivity index (χ1v) is 13.5. The topological polar surface area (TPSA) is 109 Å². The van der Waals surface area contributed by atoms with Gasteiger partial charge in [-0.25, -0.2) is 4.98 Å². The zero-order valence-corrected chi connectivity index (χ0v) is 22.4. The standard InChI is InChI=1S/C29H36N8O/c1-19-12-22(35-9-8-29(3,31)18-35)14-32-28(19)34-10-11-37-20(2)15-36(17-23(37)16-34)25-6-4-21(13-30)27-24(25)5-7-26(38)33-27/h4-7,12,14,20,23H,8-11,15-18,31H2,1-3H3,(H,33,38)/t20?,23?,29-/m1/s1. The number of anilines is 3. The number of nitriles is 1. The summed E-state index contributed by atoms with van der Waals surface area (Å²) in [6.07, 6.45) is 3.01. The first-order valence-electron chi connectivity index (χ1n) is 13.5. The predicted molar refractivity (Wildman–Crippen MR) is 152 cm³/mol. The zero-order valence-electron chi connectivity index (χ0n) is 22.4. The molecule has 5 heterocycles. The monoisotopic (exact) mass is 512 g/mol. The first-order chi connectivity index (χ1) is 18.2. The number of aryl methyl sites for hydroxylation is 1. The molecule has 2 aromatic heterocycles. The van der Waals surface area contributed by atoms with Gasteiger partial charge in [0, 0.05) is 80.6 Å². The van der Waals surface area contributed by atoms with E-state index in [1.165, 1.54) is 5.56 Å². The van der Waals surface area contributed by atoms with Gasteiger partial charge in [0.15, 0.2) is 0 Å². The molecule has 0 amide bonds. The van der Waals surface area contributed by atoms with E-state index in [1.54, 1.807) is 6.07 Å². The van der Waals surface area contributed by atoms with Crippen molar-refractivity contribution in [2.75, 3.05) is 60.5 Å². The SMILES string of the molecule is Cc1cc(N2CC[C@@](C)(N)C2)cnc1N1CCN2C(C)CN(c3ccc(C#N)c4[nH]c(=O)ccc34)CC2C1. The van der Waals surface area contributed by atoms with Crippen LogP contribution in [0.3, 0.4) is 0 Å². The van der Waals surface area contributed by atoms with Crippen LogP contribution in [-0.4, -0.2) is 78.3 Å². The number of piperazine rings is 2. The van der Waals surface area contributed by atoms with E-state index in [4.69, 9.17) is 10.7 Å². The molecular weight excluding hydrogens is 476 g/mol. The molecule has 9 nitrogen and oxygen atoms in total. The number of benzene rings is 1. The molecular formula is C29H36N8O. The molecule has 3 aliphatic rings. The molecule has 0 saturated carbocycles. The van der Waals surface area contributed by atoms with Gasteiger partial charge in [-0.15, -0.1) is 0 Å². The van der Waals surface area contributed by atoms with E-state index in [1.807, 2.05) is 24.4 Å². The van der Waals surface area contributed by atoms with Crippen LogP contribution >= 0.6 is 0 Å². The first kappa shape index (κ1) is 24.7. The van der Waals surface area contributed by atoms with Gasteiger partial charge >= 0.3 is 0 Å². The Morgan fingerprint density at radius 3 is 2.66 bits per heavy atom. The van der Waals surface area contributed by atoms with E-state index in [-0.39, 0.29) is 11.1 Å². The summed E-state index contributed by atoms with van der Waals surface area (Å²) in [5.41, 5.74) is 10.6. The molecule has 0 radical (unpaired) electrons. The summed E-state index contributed by atoms with van der Waals surface area (Å²) >= 11 is 0. The minimum absolute atomic E-state index is 0.137. The fraction of sp³-hybridized carbons (Fsp3) is 0.483. The lowest BCUT2D eigenvalue weighted by Crippen LogP contribution is -2.65. The van der Waals surface area contributed by atoms with Crippen molar-refractivity contribution in [2.45, 2.75) is 44.8 Å². The van der Waals surface area contributed by atoms with Crippen LogP contribution in [0.25, 0.3) is 10.9 Å². The van der Waals surface area contributed by atoms with Crippen LogP contribution in [0.15, 0.2) is 41.3 Å². The average molecular weight is 513 g/mol. The number of aromatic amines is 1. The minimum Gasteiger partial charge on any atom is -0.368 e. The molecule has 1 aromatic carbocycles. The molecule has 3 saturated heterocycles. The summed E-state index contributed by atoms with van der Waals surface area (Å²) in [5.74, 6) is 1.06. The maximum absolute atomic E-state index is 12.0. The fourth-order valence-electron chi connectivity index (χ4n) is 6.62. The molecule has 3 aliphatic heterocycles. The molecule has 9 heteroatoms. The van der Waals surface area contributed by atoms with Crippen molar-refractivity contribution in [1.82, 2.24) is 14.9 Å². The maximum atomic E-state index is 12.0. The van der Waals surface area contributed by atoms with Gasteiger partial charge < -0.3 is 25.4 Å². The number of hydrogen-bond donors (Lipinski definition) is 2. The van der Waals surface area contributed by atoms with Crippen LogP contribution in [0.2, 0.25) is 0 Å². The molecule has 3 N–H and O–H groups in total. The summed E-state index contributed by atoms with van der Waals surface area (Å²) < 4.78 is 0. The molecule has 0 bridgehead atoms. The Morgan fingerprint density at radius 1 is 1.11 bits per heavy atom. The number of fused-ring (bicyclic) bond motifs is 2.